The third-order valence-electron chi connectivity index (χ3n) is 4.06. The van der Waals surface area contributed by atoms with Crippen molar-refractivity contribution in [3.05, 3.63) is 65.5 Å². The Morgan fingerprint density at radius 2 is 1.70 bits per heavy atom. The minimum Gasteiger partial charge on any atom is -0.496 e. The topological polar surface area (TPSA) is 73.9 Å². The molecule has 0 amide bonds. The molecule has 0 spiro atoms. The Labute approximate surface area is 176 Å². The van der Waals surface area contributed by atoms with Crippen molar-refractivity contribution >= 4 is 11.9 Å². The molecular formula is C23H28FNO5. The zero-order valence-corrected chi connectivity index (χ0v) is 17.7. The van der Waals surface area contributed by atoms with Crippen LogP contribution in [0.15, 0.2) is 48.5 Å². The number of para-hydroxylation sites is 1. The Balaban J connectivity index is 2.03. The van der Waals surface area contributed by atoms with Gasteiger partial charge in [0, 0.05) is 12.1 Å². The summed E-state index contributed by atoms with van der Waals surface area (Å²) in [7, 11) is 1.53. The van der Waals surface area contributed by atoms with Gasteiger partial charge in [0.15, 0.2) is 0 Å². The van der Waals surface area contributed by atoms with Crippen LogP contribution in [0.4, 0.5) is 4.39 Å². The standard InChI is InChI=1S/C23H28FNO5/c1-23(2,3)30-22(27)15-25-14-20(16-9-11-18(24)12-10-16)29-21(26)13-17-7-5-6-8-19(17)28-4/h5-12,20,25H,13-15H2,1-4H3/t20-/m1/s1. The fraction of sp³-hybridized carbons (Fsp3) is 0.391. The first-order valence-electron chi connectivity index (χ1n) is 9.67. The van der Waals surface area contributed by atoms with Gasteiger partial charge in [0.25, 0.3) is 0 Å². The molecule has 0 radical (unpaired) electrons. The molecule has 2 rings (SSSR count). The molecule has 6 nitrogen and oxygen atoms in total. The molecule has 1 atom stereocenters. The molecule has 7 heteroatoms. The first-order chi connectivity index (χ1) is 14.2. The SMILES string of the molecule is COc1ccccc1CC(=O)O[C@H](CNCC(=O)OC(C)(C)C)c1ccc(F)cc1. The van der Waals surface area contributed by atoms with Crippen LogP contribution in [0.1, 0.15) is 38.0 Å². The third kappa shape index (κ3) is 7.83. The fourth-order valence-electron chi connectivity index (χ4n) is 2.79. The van der Waals surface area contributed by atoms with Gasteiger partial charge in [-0.2, -0.15) is 0 Å². The second-order valence-corrected chi connectivity index (χ2v) is 7.74. The van der Waals surface area contributed by atoms with Crippen LogP contribution in [0.25, 0.3) is 0 Å². The molecule has 0 fully saturated rings. The highest BCUT2D eigenvalue weighted by atomic mass is 19.1. The van der Waals surface area contributed by atoms with Gasteiger partial charge >= 0.3 is 11.9 Å². The first kappa shape index (κ1) is 23.3. The molecule has 0 heterocycles. The molecule has 0 aliphatic heterocycles. The molecule has 1 N–H and O–H groups in total. The lowest BCUT2D eigenvalue weighted by Gasteiger charge is -2.21. The Kier molecular flexibility index (Phi) is 8.35. The van der Waals surface area contributed by atoms with Gasteiger partial charge in [-0.1, -0.05) is 30.3 Å². The van der Waals surface area contributed by atoms with Gasteiger partial charge in [0.05, 0.1) is 20.1 Å². The summed E-state index contributed by atoms with van der Waals surface area (Å²) >= 11 is 0. The summed E-state index contributed by atoms with van der Waals surface area (Å²) in [6, 6.07) is 12.9. The highest BCUT2D eigenvalue weighted by Gasteiger charge is 2.20. The predicted molar refractivity (Wildman–Crippen MR) is 111 cm³/mol. The lowest BCUT2D eigenvalue weighted by Crippen LogP contribution is -2.34. The van der Waals surface area contributed by atoms with Gasteiger partial charge in [-0.05, 0) is 44.5 Å². The maximum atomic E-state index is 13.3. The summed E-state index contributed by atoms with van der Waals surface area (Å²) < 4.78 is 29.5. The Morgan fingerprint density at radius 1 is 1.03 bits per heavy atom. The Hall–Kier alpha value is -2.93. The molecular weight excluding hydrogens is 389 g/mol. The van der Waals surface area contributed by atoms with E-state index in [1.807, 2.05) is 12.1 Å². The normalized spacial score (nSPS) is 12.2. The smallest absolute Gasteiger partial charge is 0.320 e. The summed E-state index contributed by atoms with van der Waals surface area (Å²) in [6.07, 6.45) is -0.677. The predicted octanol–water partition coefficient (Wildman–Crippen LogP) is 3.59. The van der Waals surface area contributed by atoms with Crippen molar-refractivity contribution in [3.8, 4) is 5.75 Å². The summed E-state index contributed by atoms with van der Waals surface area (Å²) in [5, 5.41) is 2.94. The van der Waals surface area contributed by atoms with Crippen LogP contribution in [-0.4, -0.2) is 37.7 Å². The van der Waals surface area contributed by atoms with E-state index in [2.05, 4.69) is 5.32 Å². The number of hydrogen-bond acceptors (Lipinski definition) is 6. The first-order valence-corrected chi connectivity index (χ1v) is 9.67. The average Bonchev–Trinajstić information content (AvgIpc) is 2.67. The molecule has 0 saturated carbocycles. The Bertz CT molecular complexity index is 845. The van der Waals surface area contributed by atoms with E-state index in [-0.39, 0.29) is 25.3 Å². The fourth-order valence-corrected chi connectivity index (χ4v) is 2.79. The summed E-state index contributed by atoms with van der Waals surface area (Å²) in [6.45, 7) is 5.48. The summed E-state index contributed by atoms with van der Waals surface area (Å²) in [5.74, 6) is -0.677. The molecule has 0 aliphatic rings. The number of methoxy groups -OCH3 is 1. The molecule has 0 unspecified atom stereocenters. The maximum absolute atomic E-state index is 13.3. The summed E-state index contributed by atoms with van der Waals surface area (Å²) in [4.78, 5) is 24.4. The third-order valence-corrected chi connectivity index (χ3v) is 4.06. The minimum absolute atomic E-state index is 0.0216. The van der Waals surface area contributed by atoms with Crippen molar-refractivity contribution in [1.29, 1.82) is 0 Å². The van der Waals surface area contributed by atoms with E-state index in [1.165, 1.54) is 19.2 Å². The number of rotatable bonds is 9. The second-order valence-electron chi connectivity index (χ2n) is 7.74. The van der Waals surface area contributed by atoms with E-state index in [1.54, 1.807) is 45.0 Å². The van der Waals surface area contributed by atoms with E-state index in [0.29, 0.717) is 16.9 Å². The number of nitrogens with one attached hydrogen (secondary N) is 1. The van der Waals surface area contributed by atoms with Crippen LogP contribution >= 0.6 is 0 Å². The van der Waals surface area contributed by atoms with E-state index >= 15 is 0 Å². The van der Waals surface area contributed by atoms with Gasteiger partial charge in [-0.3, -0.25) is 9.59 Å². The molecule has 0 aliphatic carbocycles. The van der Waals surface area contributed by atoms with Gasteiger partial charge < -0.3 is 19.5 Å². The van der Waals surface area contributed by atoms with Crippen LogP contribution in [0.2, 0.25) is 0 Å². The molecule has 30 heavy (non-hydrogen) atoms. The molecule has 0 aromatic heterocycles. The van der Waals surface area contributed by atoms with Crippen LogP contribution in [0, 0.1) is 5.82 Å². The van der Waals surface area contributed by atoms with Crippen LogP contribution < -0.4 is 10.1 Å². The van der Waals surface area contributed by atoms with Crippen molar-refractivity contribution in [1.82, 2.24) is 5.32 Å². The zero-order chi connectivity index (χ0) is 22.1. The van der Waals surface area contributed by atoms with E-state index in [4.69, 9.17) is 14.2 Å². The maximum Gasteiger partial charge on any atom is 0.320 e. The average molecular weight is 417 g/mol. The lowest BCUT2D eigenvalue weighted by molar-refractivity contribution is -0.153. The van der Waals surface area contributed by atoms with Gasteiger partial charge in [-0.15, -0.1) is 0 Å². The number of carbonyl (C=O) groups excluding carboxylic acids is 2. The van der Waals surface area contributed by atoms with Crippen molar-refractivity contribution < 1.29 is 28.2 Å². The van der Waals surface area contributed by atoms with Gasteiger partial charge in [-0.25, -0.2) is 4.39 Å². The highest BCUT2D eigenvalue weighted by molar-refractivity contribution is 5.74. The van der Waals surface area contributed by atoms with Gasteiger partial charge in [0.1, 0.15) is 23.3 Å². The number of carbonyl (C=O) groups is 2. The van der Waals surface area contributed by atoms with Crippen LogP contribution in [0.3, 0.4) is 0 Å². The molecule has 2 aromatic rings. The molecule has 2 aromatic carbocycles. The molecule has 0 saturated heterocycles. The van der Waals surface area contributed by atoms with Crippen molar-refractivity contribution in [2.75, 3.05) is 20.2 Å². The van der Waals surface area contributed by atoms with Crippen LogP contribution in [-0.2, 0) is 25.5 Å². The number of ether oxygens (including phenoxy) is 3. The lowest BCUT2D eigenvalue weighted by atomic mass is 10.1. The quantitative estimate of drug-likeness (QED) is 0.629. The summed E-state index contributed by atoms with van der Waals surface area (Å²) in [5.41, 5.74) is 0.724. The van der Waals surface area contributed by atoms with E-state index in [9.17, 15) is 14.0 Å². The largest absolute Gasteiger partial charge is 0.496 e. The second kappa shape index (κ2) is 10.7. The number of halogens is 1. The molecule has 162 valence electrons. The number of hydrogen-bond donors (Lipinski definition) is 1. The van der Waals surface area contributed by atoms with E-state index in [0.717, 1.165) is 0 Å². The number of esters is 2. The van der Waals surface area contributed by atoms with E-state index < -0.39 is 23.6 Å². The highest BCUT2D eigenvalue weighted by Crippen LogP contribution is 2.22. The van der Waals surface area contributed by atoms with Gasteiger partial charge in [0.2, 0.25) is 0 Å². The van der Waals surface area contributed by atoms with Crippen molar-refractivity contribution in [2.45, 2.75) is 38.9 Å². The van der Waals surface area contributed by atoms with Crippen molar-refractivity contribution in [3.63, 3.8) is 0 Å². The Morgan fingerprint density at radius 3 is 2.33 bits per heavy atom. The van der Waals surface area contributed by atoms with Crippen molar-refractivity contribution in [2.24, 2.45) is 0 Å². The van der Waals surface area contributed by atoms with Crippen LogP contribution in [0.5, 0.6) is 5.75 Å². The zero-order valence-electron chi connectivity index (χ0n) is 17.7. The number of benzene rings is 2. The monoisotopic (exact) mass is 417 g/mol. The minimum atomic E-state index is -0.699. The molecule has 0 bridgehead atoms.